The van der Waals surface area contributed by atoms with E-state index < -0.39 is 0 Å². The first kappa shape index (κ1) is 24.0. The molecule has 3 rings (SSSR count). The van der Waals surface area contributed by atoms with Crippen molar-refractivity contribution in [3.63, 3.8) is 0 Å². The van der Waals surface area contributed by atoms with Gasteiger partial charge in [-0.2, -0.15) is 0 Å². The topological polar surface area (TPSA) is 42.9 Å². The maximum Gasteiger partial charge on any atom is 0.191 e. The summed E-state index contributed by atoms with van der Waals surface area (Å²) < 4.78 is 1.12. The summed E-state index contributed by atoms with van der Waals surface area (Å²) in [5.41, 5.74) is 3.92. The molecule has 5 nitrogen and oxygen atoms in total. The first-order valence-corrected chi connectivity index (χ1v) is 10.5. The Morgan fingerprint density at radius 2 is 1.83 bits per heavy atom. The zero-order valence-corrected chi connectivity index (χ0v) is 21.3. The Balaban J connectivity index is 0.00000300. The van der Waals surface area contributed by atoms with Gasteiger partial charge >= 0.3 is 0 Å². The number of benzene rings is 2. The number of hydrogen-bond acceptors (Lipinski definition) is 3. The van der Waals surface area contributed by atoms with Gasteiger partial charge < -0.3 is 20.4 Å². The number of halogens is 2. The highest BCUT2D eigenvalue weighted by atomic mass is 127. The van der Waals surface area contributed by atoms with Gasteiger partial charge in [0.05, 0.1) is 0 Å². The molecular formula is C22H31BrIN5. The summed E-state index contributed by atoms with van der Waals surface area (Å²) in [7, 11) is 6.03. The third kappa shape index (κ3) is 7.15. The van der Waals surface area contributed by atoms with Crippen molar-refractivity contribution in [2.24, 2.45) is 4.99 Å². The summed E-state index contributed by atoms with van der Waals surface area (Å²) in [6, 6.07) is 17.5. The van der Waals surface area contributed by atoms with Crippen molar-refractivity contribution >= 4 is 51.6 Å². The van der Waals surface area contributed by atoms with Crippen molar-refractivity contribution in [1.29, 1.82) is 0 Å². The molecule has 0 radical (unpaired) electrons. The summed E-state index contributed by atoms with van der Waals surface area (Å²) in [6.07, 6.45) is 1.11. The zero-order chi connectivity index (χ0) is 19.9. The summed E-state index contributed by atoms with van der Waals surface area (Å²) in [6.45, 7) is 3.75. The molecule has 29 heavy (non-hydrogen) atoms. The Hall–Kier alpha value is -1.32. The predicted octanol–water partition coefficient (Wildman–Crippen LogP) is 4.07. The minimum atomic E-state index is 0. The fourth-order valence-electron chi connectivity index (χ4n) is 3.56. The van der Waals surface area contributed by atoms with Crippen LogP contribution in [0.3, 0.4) is 0 Å². The third-order valence-electron chi connectivity index (χ3n) is 5.00. The van der Waals surface area contributed by atoms with Gasteiger partial charge in [0.2, 0.25) is 0 Å². The van der Waals surface area contributed by atoms with Crippen molar-refractivity contribution in [2.45, 2.75) is 25.6 Å². The number of guanidine groups is 1. The number of rotatable bonds is 6. The molecule has 0 aliphatic carbocycles. The third-order valence-corrected chi connectivity index (χ3v) is 5.52. The Bertz CT molecular complexity index is 794. The second kappa shape index (κ2) is 11.8. The van der Waals surface area contributed by atoms with Crippen LogP contribution in [0.2, 0.25) is 0 Å². The second-order valence-electron chi connectivity index (χ2n) is 7.48. The van der Waals surface area contributed by atoms with Gasteiger partial charge in [-0.05, 0) is 55.9 Å². The molecule has 7 heteroatoms. The van der Waals surface area contributed by atoms with Gasteiger partial charge in [0.25, 0.3) is 0 Å². The first-order chi connectivity index (χ1) is 13.5. The molecule has 1 aliphatic heterocycles. The van der Waals surface area contributed by atoms with Gasteiger partial charge in [-0.1, -0.05) is 40.2 Å². The molecule has 1 fully saturated rings. The molecule has 0 amide bonds. The lowest BCUT2D eigenvalue weighted by Gasteiger charge is -2.21. The minimum Gasteiger partial charge on any atom is -0.369 e. The average Bonchev–Trinajstić information content (AvgIpc) is 3.15. The standard InChI is InChI=1S/C22H30BrN5.HI/c1-24-22(25-14-17-6-4-5-7-18(17)15-27(2)3)26-20-12-13-28(16-20)21-10-8-19(23)9-11-21;/h4-11,20H,12-16H2,1-3H3,(H2,24,25,26);1H. The number of hydrogen-bond donors (Lipinski definition) is 2. The van der Waals surface area contributed by atoms with Crippen LogP contribution in [0.5, 0.6) is 0 Å². The number of aliphatic imine (C=N–C) groups is 1. The van der Waals surface area contributed by atoms with Crippen LogP contribution in [-0.2, 0) is 13.1 Å². The lowest BCUT2D eigenvalue weighted by atomic mass is 10.1. The van der Waals surface area contributed by atoms with Gasteiger partial charge in [-0.3, -0.25) is 4.99 Å². The Morgan fingerprint density at radius 3 is 2.48 bits per heavy atom. The summed E-state index contributed by atoms with van der Waals surface area (Å²) >= 11 is 3.50. The van der Waals surface area contributed by atoms with Gasteiger partial charge in [0, 0.05) is 49.4 Å². The van der Waals surface area contributed by atoms with E-state index in [9.17, 15) is 0 Å². The van der Waals surface area contributed by atoms with Crippen molar-refractivity contribution in [2.75, 3.05) is 39.1 Å². The van der Waals surface area contributed by atoms with E-state index in [1.54, 1.807) is 0 Å². The molecule has 2 aromatic carbocycles. The Labute approximate surface area is 200 Å². The van der Waals surface area contributed by atoms with Crippen LogP contribution in [0.1, 0.15) is 17.5 Å². The molecule has 0 saturated carbocycles. The average molecular weight is 572 g/mol. The molecule has 2 N–H and O–H groups in total. The van der Waals surface area contributed by atoms with Crippen LogP contribution in [0.4, 0.5) is 5.69 Å². The SMILES string of the molecule is CN=C(NCc1ccccc1CN(C)C)NC1CCN(c2ccc(Br)cc2)C1.I. The highest BCUT2D eigenvalue weighted by Crippen LogP contribution is 2.22. The van der Waals surface area contributed by atoms with Gasteiger partial charge in [0.15, 0.2) is 5.96 Å². The van der Waals surface area contributed by atoms with Crippen molar-refractivity contribution in [3.05, 3.63) is 64.1 Å². The highest BCUT2D eigenvalue weighted by Gasteiger charge is 2.23. The van der Waals surface area contributed by atoms with Crippen LogP contribution in [0, 0.1) is 0 Å². The van der Waals surface area contributed by atoms with E-state index >= 15 is 0 Å². The summed E-state index contributed by atoms with van der Waals surface area (Å²) in [5.74, 6) is 0.863. The minimum absolute atomic E-state index is 0. The van der Waals surface area contributed by atoms with E-state index in [0.29, 0.717) is 6.04 Å². The number of anilines is 1. The molecule has 1 saturated heterocycles. The predicted molar refractivity (Wildman–Crippen MR) is 137 cm³/mol. The summed E-state index contributed by atoms with van der Waals surface area (Å²) in [4.78, 5) is 9.04. The molecule has 1 atom stereocenters. The van der Waals surface area contributed by atoms with E-state index in [4.69, 9.17) is 0 Å². The van der Waals surface area contributed by atoms with Crippen LogP contribution in [-0.4, -0.2) is 51.1 Å². The Kier molecular flexibility index (Phi) is 9.71. The number of nitrogens with zero attached hydrogens (tertiary/aromatic N) is 3. The highest BCUT2D eigenvalue weighted by molar-refractivity contribution is 14.0. The summed E-state index contributed by atoms with van der Waals surface area (Å²) in [5, 5.41) is 7.07. The lowest BCUT2D eigenvalue weighted by molar-refractivity contribution is 0.400. The van der Waals surface area contributed by atoms with Gasteiger partial charge in [0.1, 0.15) is 0 Å². The van der Waals surface area contributed by atoms with E-state index in [0.717, 1.165) is 43.0 Å². The fourth-order valence-corrected chi connectivity index (χ4v) is 3.82. The molecule has 1 heterocycles. The van der Waals surface area contributed by atoms with Crippen molar-refractivity contribution < 1.29 is 0 Å². The van der Waals surface area contributed by atoms with Crippen molar-refractivity contribution in [1.82, 2.24) is 15.5 Å². The molecule has 2 aromatic rings. The largest absolute Gasteiger partial charge is 0.369 e. The van der Waals surface area contributed by atoms with E-state index in [-0.39, 0.29) is 24.0 Å². The normalized spacial score (nSPS) is 16.7. The molecular weight excluding hydrogens is 541 g/mol. The van der Waals surface area contributed by atoms with Crippen LogP contribution in [0.15, 0.2) is 58.0 Å². The van der Waals surface area contributed by atoms with Crippen LogP contribution < -0.4 is 15.5 Å². The lowest BCUT2D eigenvalue weighted by Crippen LogP contribution is -2.44. The van der Waals surface area contributed by atoms with Crippen LogP contribution >= 0.6 is 39.9 Å². The second-order valence-corrected chi connectivity index (χ2v) is 8.40. The maximum absolute atomic E-state index is 4.43. The van der Waals surface area contributed by atoms with Gasteiger partial charge in [-0.25, -0.2) is 0 Å². The quantitative estimate of drug-likeness (QED) is 0.312. The molecule has 158 valence electrons. The van der Waals surface area contributed by atoms with Crippen LogP contribution in [0.25, 0.3) is 0 Å². The molecule has 0 bridgehead atoms. The van der Waals surface area contributed by atoms with Crippen molar-refractivity contribution in [3.8, 4) is 0 Å². The maximum atomic E-state index is 4.43. The monoisotopic (exact) mass is 571 g/mol. The Morgan fingerprint density at radius 1 is 1.14 bits per heavy atom. The molecule has 0 aromatic heterocycles. The van der Waals surface area contributed by atoms with Gasteiger partial charge in [-0.15, -0.1) is 24.0 Å². The fraction of sp³-hybridized carbons (Fsp3) is 0.409. The molecule has 1 aliphatic rings. The van der Waals surface area contributed by atoms with E-state index in [1.165, 1.54) is 16.8 Å². The zero-order valence-electron chi connectivity index (χ0n) is 17.4. The first-order valence-electron chi connectivity index (χ1n) is 9.74. The van der Waals surface area contributed by atoms with E-state index in [2.05, 4.69) is 104 Å². The number of nitrogens with one attached hydrogen (secondary N) is 2. The smallest absolute Gasteiger partial charge is 0.191 e. The molecule has 0 spiro atoms. The molecule has 1 unspecified atom stereocenters. The van der Waals surface area contributed by atoms with E-state index in [1.807, 2.05) is 7.05 Å².